The predicted molar refractivity (Wildman–Crippen MR) is 129 cm³/mol. The van der Waals surface area contributed by atoms with Crippen LogP contribution in [0.4, 0.5) is 0 Å². The summed E-state index contributed by atoms with van der Waals surface area (Å²) in [5.74, 6) is 0.808. The fourth-order valence-electron chi connectivity index (χ4n) is 3.67. The van der Waals surface area contributed by atoms with E-state index in [1.807, 2.05) is 23.6 Å². The van der Waals surface area contributed by atoms with Gasteiger partial charge in [-0.05, 0) is 56.5 Å². The van der Waals surface area contributed by atoms with Gasteiger partial charge < -0.3 is 14.2 Å². The van der Waals surface area contributed by atoms with Gasteiger partial charge in [-0.3, -0.25) is 9.36 Å². The molecular weight excluding hydrogens is 460 g/mol. The van der Waals surface area contributed by atoms with Crippen molar-refractivity contribution in [3.63, 3.8) is 0 Å². The standard InChI is InChI=1S/C24H24N2O5S2/c1-13(2)31-23(28)20-14(3)25-24-26(21(20)18-7-6-10-32-18)22(27)19(33-24)12-15-11-16(29-4)8-9-17(15)30-5/h6-13,21H,1-5H3/b19-12-/t21-/m0/s1. The molecule has 0 saturated heterocycles. The lowest BCUT2D eigenvalue weighted by Gasteiger charge is -2.24. The number of nitrogens with zero attached hydrogens (tertiary/aromatic N) is 2. The number of fused-ring (bicyclic) bond motifs is 1. The first-order valence-corrected chi connectivity index (χ1v) is 12.0. The Hall–Kier alpha value is -3.17. The third kappa shape index (κ3) is 4.38. The van der Waals surface area contributed by atoms with Crippen LogP contribution in [0.15, 0.2) is 56.8 Å². The average Bonchev–Trinajstić information content (AvgIpc) is 3.41. The second-order valence-corrected chi connectivity index (χ2v) is 9.65. The van der Waals surface area contributed by atoms with Crippen molar-refractivity contribution in [1.82, 2.24) is 4.57 Å². The van der Waals surface area contributed by atoms with E-state index in [1.165, 1.54) is 22.7 Å². The van der Waals surface area contributed by atoms with E-state index < -0.39 is 12.0 Å². The van der Waals surface area contributed by atoms with Crippen LogP contribution in [0.1, 0.15) is 37.3 Å². The summed E-state index contributed by atoms with van der Waals surface area (Å²) in [5.41, 5.74) is 1.41. The topological polar surface area (TPSA) is 79.1 Å². The number of esters is 1. The maximum atomic E-state index is 13.6. The second kappa shape index (κ2) is 9.36. The summed E-state index contributed by atoms with van der Waals surface area (Å²) < 4.78 is 18.3. The fourth-order valence-corrected chi connectivity index (χ4v) is 5.53. The van der Waals surface area contributed by atoms with E-state index in [2.05, 4.69) is 4.99 Å². The second-order valence-electron chi connectivity index (χ2n) is 7.66. The molecule has 0 spiro atoms. The molecule has 172 valence electrons. The molecule has 2 aromatic heterocycles. The van der Waals surface area contributed by atoms with Gasteiger partial charge >= 0.3 is 5.97 Å². The number of hydrogen-bond acceptors (Lipinski definition) is 8. The summed E-state index contributed by atoms with van der Waals surface area (Å²) in [7, 11) is 3.16. The van der Waals surface area contributed by atoms with Crippen LogP contribution in [0.3, 0.4) is 0 Å². The SMILES string of the molecule is COc1ccc(OC)c(/C=c2\sc3n(c2=O)[C@@H](c2cccs2)C(C(=O)OC(C)C)=C(C)N=3)c1. The molecule has 0 N–H and O–H groups in total. The number of methoxy groups -OCH3 is 2. The minimum absolute atomic E-state index is 0.232. The number of carbonyl (C=O) groups excluding carboxylic acids is 1. The highest BCUT2D eigenvalue weighted by Crippen LogP contribution is 2.33. The molecule has 0 fully saturated rings. The molecule has 1 aliphatic heterocycles. The lowest BCUT2D eigenvalue weighted by molar-refractivity contribution is -0.143. The van der Waals surface area contributed by atoms with E-state index in [-0.39, 0.29) is 11.7 Å². The van der Waals surface area contributed by atoms with Gasteiger partial charge in [0, 0.05) is 10.4 Å². The largest absolute Gasteiger partial charge is 0.497 e. The Bertz CT molecular complexity index is 1400. The lowest BCUT2D eigenvalue weighted by Crippen LogP contribution is -2.39. The monoisotopic (exact) mass is 484 g/mol. The van der Waals surface area contributed by atoms with E-state index >= 15 is 0 Å². The van der Waals surface area contributed by atoms with Crippen LogP contribution < -0.4 is 24.4 Å². The molecule has 1 atom stereocenters. The first kappa shape index (κ1) is 23.0. The third-order valence-electron chi connectivity index (χ3n) is 5.12. The van der Waals surface area contributed by atoms with Crippen molar-refractivity contribution in [2.45, 2.75) is 32.9 Å². The zero-order valence-electron chi connectivity index (χ0n) is 18.9. The quantitative estimate of drug-likeness (QED) is 0.502. The van der Waals surface area contributed by atoms with Crippen LogP contribution in [0.2, 0.25) is 0 Å². The summed E-state index contributed by atoms with van der Waals surface area (Å²) in [5, 5.41) is 1.92. The Kier molecular flexibility index (Phi) is 6.53. The number of carbonyl (C=O) groups is 1. The highest BCUT2D eigenvalue weighted by atomic mass is 32.1. The number of ether oxygens (including phenoxy) is 3. The maximum absolute atomic E-state index is 13.6. The van der Waals surface area contributed by atoms with Crippen LogP contribution in [0.25, 0.3) is 6.08 Å². The number of hydrogen-bond donors (Lipinski definition) is 0. The average molecular weight is 485 g/mol. The molecule has 1 aromatic carbocycles. The highest BCUT2D eigenvalue weighted by molar-refractivity contribution is 7.10. The molecule has 0 amide bonds. The Labute approximate surface area is 198 Å². The highest BCUT2D eigenvalue weighted by Gasteiger charge is 2.34. The number of aromatic nitrogens is 1. The van der Waals surface area contributed by atoms with Gasteiger partial charge in [-0.2, -0.15) is 0 Å². The first-order valence-electron chi connectivity index (χ1n) is 10.3. The van der Waals surface area contributed by atoms with Crippen molar-refractivity contribution in [1.29, 1.82) is 0 Å². The van der Waals surface area contributed by atoms with Crippen molar-refractivity contribution < 1.29 is 19.0 Å². The lowest BCUT2D eigenvalue weighted by atomic mass is 10.0. The van der Waals surface area contributed by atoms with Crippen molar-refractivity contribution in [3.05, 3.63) is 77.1 Å². The first-order chi connectivity index (χ1) is 15.8. The number of thiophene rings is 1. The van der Waals surface area contributed by atoms with Gasteiger partial charge in [0.25, 0.3) is 5.56 Å². The summed E-state index contributed by atoms with van der Waals surface area (Å²) in [6, 6.07) is 8.62. The smallest absolute Gasteiger partial charge is 0.338 e. The van der Waals surface area contributed by atoms with E-state index in [4.69, 9.17) is 14.2 Å². The van der Waals surface area contributed by atoms with Crippen LogP contribution in [-0.2, 0) is 9.53 Å². The van der Waals surface area contributed by atoms with Crippen LogP contribution >= 0.6 is 22.7 Å². The molecule has 0 bridgehead atoms. The minimum Gasteiger partial charge on any atom is -0.497 e. The fraction of sp³-hybridized carbons (Fsp3) is 0.292. The Morgan fingerprint density at radius 3 is 2.64 bits per heavy atom. The van der Waals surface area contributed by atoms with Gasteiger partial charge in [0.2, 0.25) is 0 Å². The third-order valence-corrected chi connectivity index (χ3v) is 7.03. The molecule has 0 aliphatic carbocycles. The molecule has 4 rings (SSSR count). The number of rotatable bonds is 6. The van der Waals surface area contributed by atoms with Crippen molar-refractivity contribution in [2.24, 2.45) is 4.99 Å². The van der Waals surface area contributed by atoms with E-state index in [0.29, 0.717) is 37.7 Å². The molecule has 0 saturated carbocycles. The summed E-state index contributed by atoms with van der Waals surface area (Å²) in [4.78, 5) is 32.6. The van der Waals surface area contributed by atoms with Crippen LogP contribution in [-0.4, -0.2) is 30.9 Å². The van der Waals surface area contributed by atoms with Gasteiger partial charge in [-0.25, -0.2) is 9.79 Å². The molecule has 0 radical (unpaired) electrons. The number of thiazole rings is 1. The molecule has 7 nitrogen and oxygen atoms in total. The molecule has 9 heteroatoms. The van der Waals surface area contributed by atoms with Gasteiger partial charge in [-0.1, -0.05) is 17.4 Å². The molecule has 3 heterocycles. The van der Waals surface area contributed by atoms with Crippen LogP contribution in [0.5, 0.6) is 11.5 Å². The normalized spacial score (nSPS) is 15.9. The Morgan fingerprint density at radius 2 is 2.00 bits per heavy atom. The zero-order chi connectivity index (χ0) is 23.7. The van der Waals surface area contributed by atoms with E-state index in [1.54, 1.807) is 57.8 Å². The van der Waals surface area contributed by atoms with Gasteiger partial charge in [0.05, 0.1) is 36.1 Å². The van der Waals surface area contributed by atoms with Crippen molar-refractivity contribution in [2.75, 3.05) is 14.2 Å². The van der Waals surface area contributed by atoms with Gasteiger partial charge in [-0.15, -0.1) is 11.3 Å². The van der Waals surface area contributed by atoms with Crippen LogP contribution in [0, 0.1) is 0 Å². The number of benzene rings is 1. The summed E-state index contributed by atoms with van der Waals surface area (Å²) >= 11 is 2.75. The Balaban J connectivity index is 1.93. The molecule has 1 aliphatic rings. The maximum Gasteiger partial charge on any atom is 0.338 e. The van der Waals surface area contributed by atoms with Gasteiger partial charge in [0.1, 0.15) is 17.5 Å². The molecule has 33 heavy (non-hydrogen) atoms. The van der Waals surface area contributed by atoms with E-state index in [0.717, 1.165) is 4.88 Å². The molecule has 0 unspecified atom stereocenters. The van der Waals surface area contributed by atoms with Crippen molar-refractivity contribution in [3.8, 4) is 11.5 Å². The predicted octanol–water partition coefficient (Wildman–Crippen LogP) is 3.27. The van der Waals surface area contributed by atoms with E-state index in [9.17, 15) is 9.59 Å². The number of allylic oxidation sites excluding steroid dienone is 1. The zero-order valence-corrected chi connectivity index (χ0v) is 20.6. The molecular formula is C24H24N2O5S2. The van der Waals surface area contributed by atoms with Crippen molar-refractivity contribution >= 4 is 34.7 Å². The summed E-state index contributed by atoms with van der Waals surface area (Å²) in [6.07, 6.45) is 1.48. The van der Waals surface area contributed by atoms with Gasteiger partial charge in [0.15, 0.2) is 4.80 Å². The Morgan fingerprint density at radius 1 is 1.21 bits per heavy atom. The molecule has 3 aromatic rings. The summed E-state index contributed by atoms with van der Waals surface area (Å²) in [6.45, 7) is 5.37. The minimum atomic E-state index is -0.596.